The van der Waals surface area contributed by atoms with Gasteiger partial charge >= 0.3 is 0 Å². The number of carbonyl (C=O) groups is 1. The van der Waals surface area contributed by atoms with E-state index in [1.54, 1.807) is 0 Å². The first-order chi connectivity index (χ1) is 8.20. The van der Waals surface area contributed by atoms with Gasteiger partial charge in [0.05, 0.1) is 13.2 Å². The third-order valence-corrected chi connectivity index (χ3v) is 3.68. The number of piperidine rings is 1. The van der Waals surface area contributed by atoms with Crippen LogP contribution in [0.1, 0.15) is 32.6 Å². The lowest BCUT2D eigenvalue weighted by Gasteiger charge is -2.38. The molecule has 0 atom stereocenters. The fraction of sp³-hybridized carbons (Fsp3) is 0.923. The normalized spacial score (nSPS) is 23.2. The zero-order valence-electron chi connectivity index (χ0n) is 10.8. The molecule has 0 aliphatic carbocycles. The van der Waals surface area contributed by atoms with Gasteiger partial charge < -0.3 is 15.0 Å². The van der Waals surface area contributed by atoms with E-state index in [0.717, 1.165) is 39.4 Å². The number of nitrogens with zero attached hydrogens (tertiary/aromatic N) is 1. The van der Waals surface area contributed by atoms with Gasteiger partial charge in [-0.15, -0.1) is 0 Å². The summed E-state index contributed by atoms with van der Waals surface area (Å²) in [6.07, 6.45) is 4.26. The molecule has 2 rings (SSSR count). The maximum Gasteiger partial charge on any atom is 0.223 e. The molecule has 0 spiro atoms. The first kappa shape index (κ1) is 12.8. The van der Waals surface area contributed by atoms with Crippen molar-refractivity contribution in [3.8, 4) is 0 Å². The average Bonchev–Trinajstić information content (AvgIpc) is 2.33. The molecule has 1 N–H and O–H groups in total. The van der Waals surface area contributed by atoms with Gasteiger partial charge in [0.1, 0.15) is 0 Å². The number of hydrogen-bond acceptors (Lipinski definition) is 3. The molecule has 2 saturated heterocycles. The fourth-order valence-electron chi connectivity index (χ4n) is 2.44. The summed E-state index contributed by atoms with van der Waals surface area (Å²) >= 11 is 0. The van der Waals surface area contributed by atoms with Gasteiger partial charge in [0.25, 0.3) is 0 Å². The van der Waals surface area contributed by atoms with Gasteiger partial charge in [0, 0.05) is 38.0 Å². The van der Waals surface area contributed by atoms with E-state index in [2.05, 4.69) is 12.2 Å². The Hall–Kier alpha value is -0.610. The molecule has 0 saturated carbocycles. The van der Waals surface area contributed by atoms with Crippen LogP contribution in [0.4, 0.5) is 0 Å². The van der Waals surface area contributed by atoms with E-state index in [4.69, 9.17) is 4.74 Å². The predicted molar refractivity (Wildman–Crippen MR) is 66.8 cm³/mol. The number of rotatable bonds is 5. The van der Waals surface area contributed by atoms with Crippen molar-refractivity contribution in [2.45, 2.75) is 32.6 Å². The quantitative estimate of drug-likeness (QED) is 0.729. The Morgan fingerprint density at radius 3 is 2.59 bits per heavy atom. The van der Waals surface area contributed by atoms with Crippen LogP contribution in [0.3, 0.4) is 0 Å². The number of amides is 1. The van der Waals surface area contributed by atoms with Gasteiger partial charge in [0.15, 0.2) is 0 Å². The smallest absolute Gasteiger partial charge is 0.223 e. The molecule has 1 amide bonds. The van der Waals surface area contributed by atoms with Crippen LogP contribution in [0.25, 0.3) is 0 Å². The fourth-order valence-corrected chi connectivity index (χ4v) is 2.44. The minimum atomic E-state index is 0.300. The predicted octanol–water partition coefficient (Wildman–Crippen LogP) is 1.02. The summed E-state index contributed by atoms with van der Waals surface area (Å²) in [6.45, 7) is 7.59. The highest BCUT2D eigenvalue weighted by Gasteiger charge is 2.32. The molecule has 2 fully saturated rings. The molecule has 0 aromatic carbocycles. The summed E-state index contributed by atoms with van der Waals surface area (Å²) in [6, 6.07) is 0. The van der Waals surface area contributed by atoms with E-state index in [1.807, 2.05) is 4.90 Å². The third-order valence-electron chi connectivity index (χ3n) is 3.68. The Morgan fingerprint density at radius 1 is 1.29 bits per heavy atom. The van der Waals surface area contributed by atoms with Crippen molar-refractivity contribution in [2.75, 3.05) is 39.4 Å². The number of likely N-dealkylation sites (tertiary alicyclic amines) is 1. The van der Waals surface area contributed by atoms with Crippen LogP contribution in [-0.2, 0) is 9.53 Å². The number of carbonyl (C=O) groups excluding carboxylic acids is 1. The molecular weight excluding hydrogens is 216 g/mol. The van der Waals surface area contributed by atoms with E-state index in [-0.39, 0.29) is 0 Å². The molecular formula is C13H24N2O2. The molecule has 2 heterocycles. The second kappa shape index (κ2) is 5.83. The van der Waals surface area contributed by atoms with Crippen LogP contribution in [-0.4, -0.2) is 50.2 Å². The topological polar surface area (TPSA) is 41.6 Å². The Bertz CT molecular complexity index is 258. The molecule has 2 aliphatic heterocycles. The third kappa shape index (κ3) is 3.68. The highest BCUT2D eigenvalue weighted by atomic mass is 16.5. The number of ether oxygens (including phenoxy) is 1. The largest absolute Gasteiger partial charge is 0.380 e. The molecule has 0 aromatic rings. The SMILES string of the molecule is CC1(CNCCC(=O)N2CCCCC2)COC1. The second-order valence-corrected chi connectivity index (χ2v) is 5.67. The minimum absolute atomic E-state index is 0.300. The summed E-state index contributed by atoms with van der Waals surface area (Å²) in [4.78, 5) is 13.9. The highest BCUT2D eigenvalue weighted by Crippen LogP contribution is 2.24. The Kier molecular flexibility index (Phi) is 4.40. The van der Waals surface area contributed by atoms with E-state index >= 15 is 0 Å². The average molecular weight is 240 g/mol. The standard InChI is InChI=1S/C13H24N2O2/c1-13(10-17-11-13)9-14-6-5-12(16)15-7-3-2-4-8-15/h14H,2-11H2,1H3. The Labute approximate surface area is 104 Å². The summed E-state index contributed by atoms with van der Waals surface area (Å²) in [5, 5.41) is 3.37. The molecule has 0 unspecified atom stereocenters. The zero-order chi connectivity index (χ0) is 12.1. The first-order valence-electron chi connectivity index (χ1n) is 6.76. The number of nitrogens with one attached hydrogen (secondary N) is 1. The molecule has 2 aliphatic rings. The first-order valence-corrected chi connectivity index (χ1v) is 6.76. The summed E-state index contributed by atoms with van der Waals surface area (Å²) in [5.41, 5.74) is 0.300. The molecule has 4 heteroatoms. The molecule has 0 aromatic heterocycles. The van der Waals surface area contributed by atoms with Gasteiger partial charge in [-0.25, -0.2) is 0 Å². The number of hydrogen-bond donors (Lipinski definition) is 1. The van der Waals surface area contributed by atoms with Crippen molar-refractivity contribution in [1.82, 2.24) is 10.2 Å². The highest BCUT2D eigenvalue weighted by molar-refractivity contribution is 5.76. The molecule has 17 heavy (non-hydrogen) atoms. The van der Waals surface area contributed by atoms with Crippen LogP contribution in [0.2, 0.25) is 0 Å². The van der Waals surface area contributed by atoms with E-state index in [1.165, 1.54) is 19.3 Å². The Balaban J connectivity index is 1.56. The maximum absolute atomic E-state index is 11.9. The van der Waals surface area contributed by atoms with Crippen LogP contribution < -0.4 is 5.32 Å². The lowest BCUT2D eigenvalue weighted by atomic mass is 9.89. The van der Waals surface area contributed by atoms with Crippen molar-refractivity contribution >= 4 is 5.91 Å². The van der Waals surface area contributed by atoms with Crippen molar-refractivity contribution in [3.63, 3.8) is 0 Å². The van der Waals surface area contributed by atoms with E-state index in [0.29, 0.717) is 17.7 Å². The molecule has 98 valence electrons. The van der Waals surface area contributed by atoms with E-state index in [9.17, 15) is 4.79 Å². The van der Waals surface area contributed by atoms with Gasteiger partial charge in [-0.2, -0.15) is 0 Å². The van der Waals surface area contributed by atoms with E-state index < -0.39 is 0 Å². The van der Waals surface area contributed by atoms with Gasteiger partial charge in [0.2, 0.25) is 5.91 Å². The summed E-state index contributed by atoms with van der Waals surface area (Å²) in [7, 11) is 0. The van der Waals surface area contributed by atoms with Crippen LogP contribution in [0, 0.1) is 5.41 Å². The van der Waals surface area contributed by atoms with Crippen LogP contribution in [0.15, 0.2) is 0 Å². The summed E-state index contributed by atoms with van der Waals surface area (Å²) in [5.74, 6) is 0.312. The minimum Gasteiger partial charge on any atom is -0.380 e. The molecule has 0 bridgehead atoms. The van der Waals surface area contributed by atoms with Crippen molar-refractivity contribution < 1.29 is 9.53 Å². The summed E-state index contributed by atoms with van der Waals surface area (Å²) < 4.78 is 5.20. The lowest BCUT2D eigenvalue weighted by Crippen LogP contribution is -2.48. The lowest BCUT2D eigenvalue weighted by molar-refractivity contribution is -0.132. The monoisotopic (exact) mass is 240 g/mol. The van der Waals surface area contributed by atoms with Gasteiger partial charge in [-0.05, 0) is 19.3 Å². The van der Waals surface area contributed by atoms with Crippen molar-refractivity contribution in [1.29, 1.82) is 0 Å². The zero-order valence-corrected chi connectivity index (χ0v) is 10.8. The van der Waals surface area contributed by atoms with Crippen LogP contribution >= 0.6 is 0 Å². The molecule has 0 radical (unpaired) electrons. The maximum atomic E-state index is 11.9. The van der Waals surface area contributed by atoms with Gasteiger partial charge in [-0.1, -0.05) is 6.92 Å². The van der Waals surface area contributed by atoms with Gasteiger partial charge in [-0.3, -0.25) is 4.79 Å². The molecule has 4 nitrogen and oxygen atoms in total. The van der Waals surface area contributed by atoms with Crippen molar-refractivity contribution in [3.05, 3.63) is 0 Å². The van der Waals surface area contributed by atoms with Crippen LogP contribution in [0.5, 0.6) is 0 Å². The van der Waals surface area contributed by atoms with Crippen molar-refractivity contribution in [2.24, 2.45) is 5.41 Å². The second-order valence-electron chi connectivity index (χ2n) is 5.67. The Morgan fingerprint density at radius 2 is 2.00 bits per heavy atom.